The van der Waals surface area contributed by atoms with Crippen molar-refractivity contribution in [3.63, 3.8) is 0 Å². The Hall–Kier alpha value is 4.89. The van der Waals surface area contributed by atoms with Crippen LogP contribution in [-0.4, -0.2) is 18.1 Å². The Bertz CT molecular complexity index is 68.1. The van der Waals surface area contributed by atoms with Crippen LogP contribution in [0.3, 0.4) is 0 Å². The molecule has 0 saturated heterocycles. The summed E-state index contributed by atoms with van der Waals surface area (Å²) in [6, 6.07) is 0. The minimum atomic E-state index is -5.61. The molecule has 0 saturated carbocycles. The van der Waals surface area contributed by atoms with Crippen LogP contribution >= 0.6 is 0 Å². The van der Waals surface area contributed by atoms with E-state index in [9.17, 15) is 0 Å². The molecule has 0 aromatic carbocycles. The van der Waals surface area contributed by atoms with E-state index in [0.29, 0.717) is 0 Å². The maximum Gasteiger partial charge on any atom is 1.00 e. The molecule has 0 N–H and O–H groups in total. The standard InChI is InChI=1S/8Li.2O4Si/c;;;;;;;;2*1-5(2,3)4/q8*+1;2*-4. The zero-order valence-electron chi connectivity index (χ0n) is 12.3. The smallest absolute Gasteiger partial charge is 0.894 e. The van der Waals surface area contributed by atoms with E-state index in [2.05, 4.69) is 0 Å². The van der Waals surface area contributed by atoms with Gasteiger partial charge in [0.15, 0.2) is 0 Å². The van der Waals surface area contributed by atoms with Crippen molar-refractivity contribution in [3.05, 3.63) is 0 Å². The monoisotopic (exact) mass is 240 g/mol. The number of hydrogen-bond acceptors (Lipinski definition) is 8. The third-order valence-corrected chi connectivity index (χ3v) is 0. The Balaban J connectivity index is -0.00000000615. The van der Waals surface area contributed by atoms with Gasteiger partial charge in [-0.1, -0.05) is 0 Å². The number of hydrogen-bond donors (Lipinski definition) is 0. The molecular weight excluding hydrogens is 240 g/mol. The van der Waals surface area contributed by atoms with E-state index in [-0.39, 0.29) is 151 Å². The summed E-state index contributed by atoms with van der Waals surface area (Å²) in [7, 11) is -11.2. The van der Waals surface area contributed by atoms with Crippen molar-refractivity contribution in [3.8, 4) is 0 Å². The van der Waals surface area contributed by atoms with E-state index in [4.69, 9.17) is 38.4 Å². The summed E-state index contributed by atoms with van der Waals surface area (Å²) >= 11 is 0. The van der Waals surface area contributed by atoms with E-state index >= 15 is 0 Å². The minimum Gasteiger partial charge on any atom is -0.894 e. The second-order valence-electron chi connectivity index (χ2n) is 1.00. The zero-order valence-corrected chi connectivity index (χ0v) is 14.3. The summed E-state index contributed by atoms with van der Waals surface area (Å²) in [6.07, 6.45) is 0. The van der Waals surface area contributed by atoms with Crippen molar-refractivity contribution >= 4 is 18.1 Å². The first-order valence-corrected chi connectivity index (χ1v) is 4.90. The molecule has 18 heavy (non-hydrogen) atoms. The van der Waals surface area contributed by atoms with Crippen LogP contribution in [0, 0.1) is 0 Å². The first-order chi connectivity index (χ1) is 4.00. The topological polar surface area (TPSA) is 184 Å². The summed E-state index contributed by atoms with van der Waals surface area (Å²) in [4.78, 5) is 68.6. The van der Waals surface area contributed by atoms with Crippen LogP contribution in [0.2, 0.25) is 0 Å². The van der Waals surface area contributed by atoms with E-state index in [1.807, 2.05) is 0 Å². The first kappa shape index (κ1) is 66.0. The van der Waals surface area contributed by atoms with Gasteiger partial charge in [-0.2, -0.15) is 0 Å². The van der Waals surface area contributed by atoms with Crippen LogP contribution in [0.1, 0.15) is 0 Å². The Morgan fingerprint density at radius 2 is 0.278 bits per heavy atom. The van der Waals surface area contributed by atoms with Gasteiger partial charge in [0.1, 0.15) is 0 Å². The predicted molar refractivity (Wildman–Crippen MR) is 11.5 cm³/mol. The average Bonchev–Trinajstić information content (AvgIpc) is 1.12. The Labute approximate surface area is 204 Å². The van der Waals surface area contributed by atoms with Crippen LogP contribution in [0.15, 0.2) is 0 Å². The Kier molecular flexibility index (Phi) is 123. The molecule has 0 atom stereocenters. The number of rotatable bonds is 0. The van der Waals surface area contributed by atoms with Crippen LogP contribution < -0.4 is 189 Å². The molecule has 0 radical (unpaired) electrons. The second-order valence-corrected chi connectivity index (χ2v) is 3.00. The molecule has 0 aliphatic rings. The minimum absolute atomic E-state index is 0. The summed E-state index contributed by atoms with van der Waals surface area (Å²) in [6.45, 7) is 0. The summed E-state index contributed by atoms with van der Waals surface area (Å²) < 4.78 is 0. The average molecular weight is 240 g/mol. The van der Waals surface area contributed by atoms with E-state index in [0.717, 1.165) is 0 Å². The molecule has 18 heteroatoms. The van der Waals surface area contributed by atoms with Gasteiger partial charge in [-0.25, -0.2) is 0 Å². The fraction of sp³-hybridized carbons (Fsp3) is 0. The molecule has 8 nitrogen and oxygen atoms in total. The SMILES string of the molecule is [Li+].[Li+].[Li+].[Li+].[Li+].[Li+].[Li+].[Li+].[O-][Si]([O-])([O-])[O-].[O-][Si]([O-])([O-])[O-]. The van der Waals surface area contributed by atoms with Crippen molar-refractivity contribution in [1.29, 1.82) is 0 Å². The zero-order chi connectivity index (χ0) is 9.00. The normalized spacial score (nSPS) is 6.67. The van der Waals surface area contributed by atoms with Crippen molar-refractivity contribution in [1.82, 2.24) is 0 Å². The van der Waals surface area contributed by atoms with Gasteiger partial charge in [0.25, 0.3) is 0 Å². The van der Waals surface area contributed by atoms with Crippen molar-refractivity contribution in [2.24, 2.45) is 0 Å². The van der Waals surface area contributed by atoms with Gasteiger partial charge in [0.05, 0.1) is 0 Å². The summed E-state index contributed by atoms with van der Waals surface area (Å²) in [5, 5.41) is 0. The quantitative estimate of drug-likeness (QED) is 0.373. The summed E-state index contributed by atoms with van der Waals surface area (Å²) in [5.74, 6) is 0. The third-order valence-electron chi connectivity index (χ3n) is 0. The van der Waals surface area contributed by atoms with Gasteiger partial charge in [0, 0.05) is 0 Å². The maximum atomic E-state index is 8.58. The molecule has 0 rings (SSSR count). The van der Waals surface area contributed by atoms with E-state index < -0.39 is 18.1 Å². The Morgan fingerprint density at radius 3 is 0.278 bits per heavy atom. The van der Waals surface area contributed by atoms with Gasteiger partial charge >= 0.3 is 151 Å². The molecule has 0 aliphatic carbocycles. The molecule has 0 spiro atoms. The second kappa shape index (κ2) is 33.5. The molecular formula is Li8O8Si2. The van der Waals surface area contributed by atoms with Gasteiger partial charge in [-0.15, -0.1) is 0 Å². The van der Waals surface area contributed by atoms with Crippen LogP contribution in [-0.2, 0) is 0 Å². The van der Waals surface area contributed by atoms with Gasteiger partial charge < -0.3 is 56.5 Å². The molecule has 0 aliphatic heterocycles. The van der Waals surface area contributed by atoms with Crippen LogP contribution in [0.5, 0.6) is 0 Å². The van der Waals surface area contributed by atoms with Crippen molar-refractivity contribution < 1.29 is 189 Å². The maximum absolute atomic E-state index is 8.58. The van der Waals surface area contributed by atoms with E-state index in [1.165, 1.54) is 0 Å². The molecule has 0 aromatic rings. The van der Waals surface area contributed by atoms with Crippen LogP contribution in [0.4, 0.5) is 0 Å². The van der Waals surface area contributed by atoms with Crippen molar-refractivity contribution in [2.75, 3.05) is 0 Å². The summed E-state index contributed by atoms with van der Waals surface area (Å²) in [5.41, 5.74) is 0. The van der Waals surface area contributed by atoms with Crippen LogP contribution in [0.25, 0.3) is 0 Å². The largest absolute Gasteiger partial charge is 1.00 e. The predicted octanol–water partition coefficient (Wildman–Crippen LogP) is -34.2. The molecule has 0 fully saturated rings. The molecule has 0 aromatic heterocycles. The molecule has 0 bridgehead atoms. The molecule has 0 heterocycles. The Morgan fingerprint density at radius 1 is 0.278 bits per heavy atom. The van der Waals surface area contributed by atoms with Crippen molar-refractivity contribution in [2.45, 2.75) is 0 Å². The van der Waals surface area contributed by atoms with Gasteiger partial charge in [0.2, 0.25) is 0 Å². The van der Waals surface area contributed by atoms with Gasteiger partial charge in [-0.3, -0.25) is 0 Å². The van der Waals surface area contributed by atoms with Gasteiger partial charge in [-0.05, 0) is 0 Å². The van der Waals surface area contributed by atoms with E-state index in [1.54, 1.807) is 0 Å². The molecule has 64 valence electrons. The fourth-order valence-electron chi connectivity index (χ4n) is 0. The molecule has 0 amide bonds. The third kappa shape index (κ3) is 345. The fourth-order valence-corrected chi connectivity index (χ4v) is 0. The molecule has 0 unspecified atom stereocenters. The first-order valence-electron chi connectivity index (χ1n) is 1.63.